The Bertz CT molecular complexity index is 224. The van der Waals surface area contributed by atoms with Crippen molar-refractivity contribution in [1.82, 2.24) is 0 Å². The van der Waals surface area contributed by atoms with Crippen LogP contribution in [-0.4, -0.2) is 17.2 Å². The highest BCUT2D eigenvalue weighted by Crippen LogP contribution is 2.11. The van der Waals surface area contributed by atoms with Crippen LogP contribution in [0.4, 0.5) is 0 Å². The number of rotatable bonds is 5. The lowest BCUT2D eigenvalue weighted by atomic mass is 10.1. The fraction of sp³-hybridized carbons (Fsp3) is 0.857. The second-order valence-electron chi connectivity index (χ2n) is 3.04. The molecule has 0 aliphatic heterocycles. The molecule has 0 aromatic carbocycles. The predicted octanol–water partition coefficient (Wildman–Crippen LogP) is 2.76. The Balaban J connectivity index is 3.87. The van der Waals surface area contributed by atoms with E-state index in [1.807, 2.05) is 6.92 Å². The SMILES string of the molecule is CCC(=S)OOC(C)(C)CN=[N+]=[N-]. The molecule has 0 fully saturated rings. The molecule has 0 aliphatic rings. The molecule has 74 valence electrons. The molecule has 6 heteroatoms. The Labute approximate surface area is 82.6 Å². The topological polar surface area (TPSA) is 67.2 Å². The lowest BCUT2D eigenvalue weighted by Gasteiger charge is -2.20. The van der Waals surface area contributed by atoms with Gasteiger partial charge in [0.05, 0.1) is 6.54 Å². The minimum absolute atomic E-state index is 0.204. The quantitative estimate of drug-likeness (QED) is 0.172. The van der Waals surface area contributed by atoms with Gasteiger partial charge >= 0.3 is 0 Å². The van der Waals surface area contributed by atoms with Crippen molar-refractivity contribution in [2.75, 3.05) is 6.54 Å². The Hall–Kier alpha value is -0.840. The number of nitrogens with zero attached hydrogens (tertiary/aromatic N) is 3. The third kappa shape index (κ3) is 6.33. The van der Waals surface area contributed by atoms with Gasteiger partial charge in [-0.1, -0.05) is 12.0 Å². The summed E-state index contributed by atoms with van der Waals surface area (Å²) in [6.07, 6.45) is 0.618. The Morgan fingerprint density at radius 2 is 2.23 bits per heavy atom. The predicted molar refractivity (Wildman–Crippen MR) is 53.2 cm³/mol. The normalized spacial score (nSPS) is 10.4. The first-order valence-corrected chi connectivity index (χ1v) is 4.32. The van der Waals surface area contributed by atoms with Gasteiger partial charge in [0.2, 0.25) is 5.05 Å². The summed E-state index contributed by atoms with van der Waals surface area (Å²) in [5, 5.41) is 3.76. The number of azide groups is 1. The summed E-state index contributed by atoms with van der Waals surface area (Å²) in [7, 11) is 0. The van der Waals surface area contributed by atoms with Crippen LogP contribution in [0.25, 0.3) is 10.4 Å². The van der Waals surface area contributed by atoms with Gasteiger partial charge in [-0.05, 0) is 31.6 Å². The van der Waals surface area contributed by atoms with E-state index < -0.39 is 5.60 Å². The van der Waals surface area contributed by atoms with E-state index in [1.54, 1.807) is 13.8 Å². The Morgan fingerprint density at radius 3 is 2.69 bits per heavy atom. The largest absolute Gasteiger partial charge is 0.330 e. The summed E-state index contributed by atoms with van der Waals surface area (Å²) >= 11 is 4.79. The maximum atomic E-state index is 8.09. The van der Waals surface area contributed by atoms with Crippen LogP contribution in [0, 0.1) is 0 Å². The van der Waals surface area contributed by atoms with Crippen molar-refractivity contribution in [3.63, 3.8) is 0 Å². The van der Waals surface area contributed by atoms with Crippen LogP contribution in [-0.2, 0) is 9.78 Å². The molecule has 0 bridgehead atoms. The highest BCUT2D eigenvalue weighted by Gasteiger charge is 2.19. The second kappa shape index (κ2) is 5.75. The van der Waals surface area contributed by atoms with Crippen LogP contribution in [0.5, 0.6) is 0 Å². The monoisotopic (exact) mass is 203 g/mol. The molecule has 0 atom stereocenters. The van der Waals surface area contributed by atoms with Gasteiger partial charge in [-0.25, -0.2) is 0 Å². The third-order valence-electron chi connectivity index (χ3n) is 1.16. The first-order valence-electron chi connectivity index (χ1n) is 3.91. The van der Waals surface area contributed by atoms with Crippen molar-refractivity contribution in [3.8, 4) is 0 Å². The van der Waals surface area contributed by atoms with Gasteiger partial charge in [-0.3, -0.25) is 0 Å². The molecule has 0 N–H and O–H groups in total. The van der Waals surface area contributed by atoms with E-state index in [2.05, 4.69) is 10.0 Å². The molecule has 0 heterocycles. The third-order valence-corrected chi connectivity index (χ3v) is 1.52. The number of hydrogen-bond acceptors (Lipinski definition) is 4. The zero-order chi connectivity index (χ0) is 10.3. The maximum Gasteiger partial charge on any atom is 0.205 e. The van der Waals surface area contributed by atoms with E-state index >= 15 is 0 Å². The minimum atomic E-state index is -0.647. The van der Waals surface area contributed by atoms with Gasteiger partial charge in [0.25, 0.3) is 0 Å². The maximum absolute atomic E-state index is 8.09. The molecule has 0 radical (unpaired) electrons. The minimum Gasteiger partial charge on any atom is -0.330 e. The zero-order valence-corrected chi connectivity index (χ0v) is 8.80. The molecule has 0 unspecified atom stereocenters. The van der Waals surface area contributed by atoms with E-state index in [-0.39, 0.29) is 6.54 Å². The highest BCUT2D eigenvalue weighted by molar-refractivity contribution is 7.80. The average molecular weight is 203 g/mol. The fourth-order valence-corrected chi connectivity index (χ4v) is 0.480. The van der Waals surface area contributed by atoms with Gasteiger partial charge in [0, 0.05) is 11.3 Å². The van der Waals surface area contributed by atoms with Crippen molar-refractivity contribution >= 4 is 17.3 Å². The van der Waals surface area contributed by atoms with E-state index in [0.29, 0.717) is 11.5 Å². The van der Waals surface area contributed by atoms with Crippen molar-refractivity contribution in [2.24, 2.45) is 5.11 Å². The van der Waals surface area contributed by atoms with Crippen LogP contribution in [0.1, 0.15) is 27.2 Å². The van der Waals surface area contributed by atoms with Gasteiger partial charge in [-0.15, -0.1) is 0 Å². The molecule has 0 spiro atoms. The molecule has 0 amide bonds. The number of hydrogen-bond donors (Lipinski definition) is 0. The lowest BCUT2D eigenvalue weighted by molar-refractivity contribution is -0.289. The van der Waals surface area contributed by atoms with Crippen molar-refractivity contribution in [1.29, 1.82) is 0 Å². The first-order chi connectivity index (χ1) is 6.02. The van der Waals surface area contributed by atoms with E-state index in [1.165, 1.54) is 0 Å². The van der Waals surface area contributed by atoms with Crippen LogP contribution < -0.4 is 0 Å². The molecule has 0 aliphatic carbocycles. The molecule has 0 rings (SSSR count). The van der Waals surface area contributed by atoms with Gasteiger partial charge in [-0.2, -0.15) is 4.89 Å². The molecular formula is C7H13N3O2S. The molecule has 5 nitrogen and oxygen atoms in total. The van der Waals surface area contributed by atoms with Gasteiger partial charge in [0.15, 0.2) is 0 Å². The average Bonchev–Trinajstić information content (AvgIpc) is 2.11. The Morgan fingerprint density at radius 1 is 1.62 bits per heavy atom. The summed E-state index contributed by atoms with van der Waals surface area (Å²) in [6, 6.07) is 0. The van der Waals surface area contributed by atoms with Crippen LogP contribution in [0.3, 0.4) is 0 Å². The Kier molecular flexibility index (Phi) is 5.37. The molecule has 13 heavy (non-hydrogen) atoms. The summed E-state index contributed by atoms with van der Waals surface area (Å²) in [6.45, 7) is 5.57. The van der Waals surface area contributed by atoms with Crippen molar-refractivity contribution < 1.29 is 9.78 Å². The molecular weight excluding hydrogens is 190 g/mol. The summed E-state index contributed by atoms with van der Waals surface area (Å²) in [4.78, 5) is 12.4. The lowest BCUT2D eigenvalue weighted by Crippen LogP contribution is -2.29. The molecule has 0 aromatic heterocycles. The van der Waals surface area contributed by atoms with E-state index in [0.717, 1.165) is 0 Å². The van der Waals surface area contributed by atoms with Crippen molar-refractivity contribution in [2.45, 2.75) is 32.8 Å². The van der Waals surface area contributed by atoms with Crippen molar-refractivity contribution in [3.05, 3.63) is 10.4 Å². The highest BCUT2D eigenvalue weighted by atomic mass is 32.1. The molecule has 0 aromatic rings. The van der Waals surface area contributed by atoms with Gasteiger partial charge < -0.3 is 4.89 Å². The van der Waals surface area contributed by atoms with E-state index in [4.69, 9.17) is 27.5 Å². The first kappa shape index (κ1) is 12.2. The van der Waals surface area contributed by atoms with Crippen LogP contribution in [0.15, 0.2) is 5.11 Å². The van der Waals surface area contributed by atoms with Gasteiger partial charge in [0.1, 0.15) is 5.60 Å². The summed E-state index contributed by atoms with van der Waals surface area (Å²) < 4.78 is 0. The number of thiocarbonyl (C=S) groups is 1. The molecule has 0 saturated heterocycles. The fourth-order valence-electron chi connectivity index (χ4n) is 0.446. The second-order valence-corrected chi connectivity index (χ2v) is 3.50. The standard InChI is InChI=1S/C7H13N3O2S/c1-4-6(13)11-12-7(2,3)5-9-10-8/h4-5H2,1-3H3. The molecule has 0 saturated carbocycles. The van der Waals surface area contributed by atoms with Crippen LogP contribution in [0.2, 0.25) is 0 Å². The smallest absolute Gasteiger partial charge is 0.205 e. The summed E-state index contributed by atoms with van der Waals surface area (Å²) in [5.74, 6) is 0. The zero-order valence-electron chi connectivity index (χ0n) is 7.98. The van der Waals surface area contributed by atoms with E-state index in [9.17, 15) is 0 Å². The van der Waals surface area contributed by atoms with Crippen LogP contribution >= 0.6 is 12.2 Å². The summed E-state index contributed by atoms with van der Waals surface area (Å²) in [5.41, 5.74) is 7.44.